The summed E-state index contributed by atoms with van der Waals surface area (Å²) in [5.74, 6) is -0.288. The average Bonchev–Trinajstić information content (AvgIpc) is 3.04. The standard InChI is InChI=1S/C18H13ClN4O/c19-17-7-2-1-5-15(17)11-23-12-16(10-21-23)22-18(24)14-6-3-4-13(8-14)9-20/h1-8,10,12H,11H2,(H,22,24). The van der Waals surface area contributed by atoms with Gasteiger partial charge in [0.15, 0.2) is 0 Å². The van der Waals surface area contributed by atoms with E-state index in [4.69, 9.17) is 16.9 Å². The van der Waals surface area contributed by atoms with Crippen molar-refractivity contribution in [3.05, 3.63) is 82.6 Å². The molecule has 0 aliphatic carbocycles. The smallest absolute Gasteiger partial charge is 0.255 e. The number of carbonyl (C=O) groups excluding carboxylic acids is 1. The van der Waals surface area contributed by atoms with Gasteiger partial charge in [-0.1, -0.05) is 35.9 Å². The number of amides is 1. The summed E-state index contributed by atoms with van der Waals surface area (Å²) in [6, 6.07) is 16.1. The third-order valence-corrected chi connectivity index (χ3v) is 3.80. The lowest BCUT2D eigenvalue weighted by Crippen LogP contribution is -2.11. The van der Waals surface area contributed by atoms with Gasteiger partial charge < -0.3 is 5.32 Å². The second-order valence-corrected chi connectivity index (χ2v) is 5.57. The number of hydrogen-bond donors (Lipinski definition) is 1. The first-order valence-electron chi connectivity index (χ1n) is 7.23. The summed E-state index contributed by atoms with van der Waals surface area (Å²) in [6.45, 7) is 0.513. The molecule has 3 aromatic rings. The zero-order valence-electron chi connectivity index (χ0n) is 12.6. The highest BCUT2D eigenvalue weighted by Crippen LogP contribution is 2.17. The first kappa shape index (κ1) is 15.8. The van der Waals surface area contributed by atoms with E-state index in [-0.39, 0.29) is 5.91 Å². The molecule has 0 saturated heterocycles. The molecule has 0 bridgehead atoms. The van der Waals surface area contributed by atoms with Gasteiger partial charge in [0.05, 0.1) is 30.1 Å². The van der Waals surface area contributed by atoms with Crippen LogP contribution in [0.4, 0.5) is 5.69 Å². The first-order chi connectivity index (χ1) is 11.7. The first-order valence-corrected chi connectivity index (χ1v) is 7.61. The molecule has 1 N–H and O–H groups in total. The second-order valence-electron chi connectivity index (χ2n) is 5.16. The minimum absolute atomic E-state index is 0.288. The van der Waals surface area contributed by atoms with Crippen molar-refractivity contribution >= 4 is 23.2 Å². The number of nitriles is 1. The zero-order chi connectivity index (χ0) is 16.9. The van der Waals surface area contributed by atoms with Crippen LogP contribution < -0.4 is 5.32 Å². The molecule has 5 nitrogen and oxygen atoms in total. The molecule has 0 aliphatic heterocycles. The predicted octanol–water partition coefficient (Wildman–Crippen LogP) is 3.71. The Morgan fingerprint density at radius 1 is 1.25 bits per heavy atom. The molecule has 0 atom stereocenters. The van der Waals surface area contributed by atoms with Gasteiger partial charge in [0.2, 0.25) is 0 Å². The molecule has 2 aromatic carbocycles. The van der Waals surface area contributed by atoms with Crippen LogP contribution in [0.2, 0.25) is 5.02 Å². The summed E-state index contributed by atoms with van der Waals surface area (Å²) in [5.41, 5.74) is 2.39. The van der Waals surface area contributed by atoms with E-state index in [1.54, 1.807) is 41.3 Å². The molecule has 24 heavy (non-hydrogen) atoms. The normalized spacial score (nSPS) is 10.2. The summed E-state index contributed by atoms with van der Waals surface area (Å²) < 4.78 is 1.70. The Hall–Kier alpha value is -3.10. The van der Waals surface area contributed by atoms with Crippen molar-refractivity contribution in [3.63, 3.8) is 0 Å². The van der Waals surface area contributed by atoms with E-state index >= 15 is 0 Å². The number of hydrogen-bond acceptors (Lipinski definition) is 3. The van der Waals surface area contributed by atoms with Crippen LogP contribution in [0.15, 0.2) is 60.9 Å². The van der Waals surface area contributed by atoms with Gasteiger partial charge in [-0.05, 0) is 29.8 Å². The fraction of sp³-hybridized carbons (Fsp3) is 0.0556. The average molecular weight is 337 g/mol. The van der Waals surface area contributed by atoms with Crippen molar-refractivity contribution in [2.45, 2.75) is 6.54 Å². The number of rotatable bonds is 4. The molecule has 1 aromatic heterocycles. The predicted molar refractivity (Wildman–Crippen MR) is 91.9 cm³/mol. The van der Waals surface area contributed by atoms with Gasteiger partial charge in [0.1, 0.15) is 0 Å². The maximum atomic E-state index is 12.2. The Morgan fingerprint density at radius 2 is 2.08 bits per heavy atom. The van der Waals surface area contributed by atoms with E-state index < -0.39 is 0 Å². The lowest BCUT2D eigenvalue weighted by Gasteiger charge is -2.04. The molecular weight excluding hydrogens is 324 g/mol. The molecule has 0 unspecified atom stereocenters. The molecule has 0 aliphatic rings. The summed E-state index contributed by atoms with van der Waals surface area (Å²) in [5, 5.41) is 16.6. The van der Waals surface area contributed by atoms with Crippen molar-refractivity contribution in [2.75, 3.05) is 5.32 Å². The fourth-order valence-electron chi connectivity index (χ4n) is 2.25. The second kappa shape index (κ2) is 6.99. The van der Waals surface area contributed by atoms with Gasteiger partial charge in [0, 0.05) is 16.8 Å². The van der Waals surface area contributed by atoms with Gasteiger partial charge in [-0.3, -0.25) is 9.48 Å². The Balaban J connectivity index is 1.71. The lowest BCUT2D eigenvalue weighted by molar-refractivity contribution is 0.102. The Bertz CT molecular complexity index is 927. The van der Waals surface area contributed by atoms with Crippen molar-refractivity contribution in [3.8, 4) is 6.07 Å². The SMILES string of the molecule is N#Cc1cccc(C(=O)Nc2cnn(Cc3ccccc3Cl)c2)c1. The number of nitrogens with zero attached hydrogens (tertiary/aromatic N) is 3. The molecule has 6 heteroatoms. The monoisotopic (exact) mass is 336 g/mol. The van der Waals surface area contributed by atoms with E-state index in [2.05, 4.69) is 10.4 Å². The Kier molecular flexibility index (Phi) is 4.59. The van der Waals surface area contributed by atoms with E-state index in [9.17, 15) is 4.79 Å². The van der Waals surface area contributed by atoms with Gasteiger partial charge in [-0.15, -0.1) is 0 Å². The third kappa shape index (κ3) is 3.62. The van der Waals surface area contributed by atoms with Crippen LogP contribution in [0.5, 0.6) is 0 Å². The maximum absolute atomic E-state index is 12.2. The molecule has 0 saturated carbocycles. The highest BCUT2D eigenvalue weighted by Gasteiger charge is 2.09. The Morgan fingerprint density at radius 3 is 2.88 bits per heavy atom. The van der Waals surface area contributed by atoms with Gasteiger partial charge in [-0.2, -0.15) is 10.4 Å². The van der Waals surface area contributed by atoms with E-state index in [1.807, 2.05) is 30.3 Å². The van der Waals surface area contributed by atoms with Crippen molar-refractivity contribution < 1.29 is 4.79 Å². The van der Waals surface area contributed by atoms with Gasteiger partial charge >= 0.3 is 0 Å². The topological polar surface area (TPSA) is 70.7 Å². The minimum atomic E-state index is -0.288. The summed E-state index contributed by atoms with van der Waals surface area (Å²) in [6.07, 6.45) is 3.30. The zero-order valence-corrected chi connectivity index (χ0v) is 13.4. The summed E-state index contributed by atoms with van der Waals surface area (Å²) in [7, 11) is 0. The molecule has 1 amide bonds. The number of anilines is 1. The molecule has 0 fully saturated rings. The van der Waals surface area contributed by atoms with Crippen LogP contribution in [0, 0.1) is 11.3 Å². The fourth-order valence-corrected chi connectivity index (χ4v) is 2.44. The van der Waals surface area contributed by atoms with Crippen molar-refractivity contribution in [2.24, 2.45) is 0 Å². The van der Waals surface area contributed by atoms with Crippen LogP contribution in [0.3, 0.4) is 0 Å². The quantitative estimate of drug-likeness (QED) is 0.789. The van der Waals surface area contributed by atoms with E-state index in [0.717, 1.165) is 5.56 Å². The van der Waals surface area contributed by atoms with Crippen LogP contribution in [-0.2, 0) is 6.54 Å². The molecule has 3 rings (SSSR count). The third-order valence-electron chi connectivity index (χ3n) is 3.44. The van der Waals surface area contributed by atoms with Gasteiger partial charge in [-0.25, -0.2) is 0 Å². The number of carbonyl (C=O) groups is 1. The highest BCUT2D eigenvalue weighted by atomic mass is 35.5. The van der Waals surface area contributed by atoms with E-state index in [1.165, 1.54) is 0 Å². The largest absolute Gasteiger partial charge is 0.319 e. The van der Waals surface area contributed by atoms with Crippen molar-refractivity contribution in [1.29, 1.82) is 5.26 Å². The number of benzene rings is 2. The summed E-state index contributed by atoms with van der Waals surface area (Å²) in [4.78, 5) is 12.2. The van der Waals surface area contributed by atoms with E-state index in [0.29, 0.717) is 28.4 Å². The number of halogens is 1. The Labute approximate surface area is 144 Å². The molecule has 1 heterocycles. The molecule has 118 valence electrons. The highest BCUT2D eigenvalue weighted by molar-refractivity contribution is 6.31. The van der Waals surface area contributed by atoms with Crippen molar-refractivity contribution in [1.82, 2.24) is 9.78 Å². The molecular formula is C18H13ClN4O. The van der Waals surface area contributed by atoms with Crippen LogP contribution in [0.1, 0.15) is 21.5 Å². The van der Waals surface area contributed by atoms with Gasteiger partial charge in [0.25, 0.3) is 5.91 Å². The summed E-state index contributed by atoms with van der Waals surface area (Å²) >= 11 is 6.14. The lowest BCUT2D eigenvalue weighted by atomic mass is 10.1. The molecule has 0 radical (unpaired) electrons. The van der Waals surface area contributed by atoms with Crippen LogP contribution in [-0.4, -0.2) is 15.7 Å². The number of aromatic nitrogens is 2. The minimum Gasteiger partial charge on any atom is -0.319 e. The maximum Gasteiger partial charge on any atom is 0.255 e. The van der Waals surface area contributed by atoms with Crippen LogP contribution >= 0.6 is 11.6 Å². The molecule has 0 spiro atoms. The van der Waals surface area contributed by atoms with Crippen LogP contribution in [0.25, 0.3) is 0 Å². The number of nitrogens with one attached hydrogen (secondary N) is 1.